The lowest BCUT2D eigenvalue weighted by atomic mass is 10.1. The molecule has 7 nitrogen and oxygen atoms in total. The van der Waals surface area contributed by atoms with E-state index in [1.807, 2.05) is 14.1 Å². The fraction of sp³-hybridized carbons (Fsp3) is 0.400. The van der Waals surface area contributed by atoms with Crippen LogP contribution in [0.4, 0.5) is 11.4 Å². The van der Waals surface area contributed by atoms with Crippen molar-refractivity contribution in [1.82, 2.24) is 9.88 Å². The van der Waals surface area contributed by atoms with E-state index in [9.17, 15) is 10.4 Å². The molecule has 0 aliphatic heterocycles. The fourth-order valence-corrected chi connectivity index (χ4v) is 2.35. The van der Waals surface area contributed by atoms with Crippen molar-refractivity contribution >= 4 is 34.7 Å². The fourth-order valence-electron chi connectivity index (χ4n) is 2.35. The molecule has 23 heavy (non-hydrogen) atoms. The predicted octanol–water partition coefficient (Wildman–Crippen LogP) is 1.43. The van der Waals surface area contributed by atoms with Gasteiger partial charge in [0.05, 0.1) is 18.2 Å². The summed E-state index contributed by atoms with van der Waals surface area (Å²) >= 11 is 0. The monoisotopic (exact) mass is 342 g/mol. The van der Waals surface area contributed by atoms with Crippen LogP contribution >= 0.6 is 12.4 Å². The Morgan fingerprint density at radius 3 is 2.70 bits per heavy atom. The molecule has 0 aliphatic rings. The van der Waals surface area contributed by atoms with E-state index in [2.05, 4.69) is 15.2 Å². The SMILES string of the molecule is COc1ccc([NH+]([O-])O)c2c(NCCCN(C)C)ccnc12.Cl. The highest BCUT2D eigenvalue weighted by Gasteiger charge is 2.16. The Hall–Kier alpha value is -1.64. The Kier molecular flexibility index (Phi) is 7.47. The summed E-state index contributed by atoms with van der Waals surface area (Å²) in [6.07, 6.45) is 2.62. The van der Waals surface area contributed by atoms with Gasteiger partial charge in [-0.1, -0.05) is 0 Å². The number of pyridine rings is 1. The Bertz CT molecular complexity index is 637. The molecule has 2 rings (SSSR count). The number of halogens is 1. The largest absolute Gasteiger partial charge is 0.595 e. The first-order valence-corrected chi connectivity index (χ1v) is 7.12. The van der Waals surface area contributed by atoms with Crippen LogP contribution in [-0.4, -0.2) is 49.4 Å². The Balaban J connectivity index is 0.00000264. The average Bonchev–Trinajstić information content (AvgIpc) is 2.50. The average molecular weight is 343 g/mol. The summed E-state index contributed by atoms with van der Waals surface area (Å²) in [6.45, 7) is 1.72. The van der Waals surface area contributed by atoms with Crippen molar-refractivity contribution in [2.24, 2.45) is 0 Å². The number of methoxy groups -OCH3 is 1. The maximum absolute atomic E-state index is 11.5. The quantitative estimate of drug-likeness (QED) is 0.521. The van der Waals surface area contributed by atoms with Gasteiger partial charge in [-0.15, -0.1) is 12.4 Å². The summed E-state index contributed by atoms with van der Waals surface area (Å²) in [5.74, 6) is 0.567. The normalized spacial score (nSPS) is 12.1. The van der Waals surface area contributed by atoms with Gasteiger partial charge in [-0.05, 0) is 39.2 Å². The van der Waals surface area contributed by atoms with Crippen LogP contribution < -0.4 is 15.3 Å². The number of rotatable bonds is 7. The predicted molar refractivity (Wildman–Crippen MR) is 93.0 cm³/mol. The molecule has 0 spiro atoms. The van der Waals surface area contributed by atoms with Crippen molar-refractivity contribution in [2.75, 3.05) is 39.6 Å². The molecule has 1 unspecified atom stereocenters. The van der Waals surface area contributed by atoms with Gasteiger partial charge in [-0.25, -0.2) is 5.21 Å². The minimum atomic E-state index is -0.975. The third-order valence-electron chi connectivity index (χ3n) is 3.40. The topological polar surface area (TPSA) is 85.1 Å². The number of nitrogens with zero attached hydrogens (tertiary/aromatic N) is 2. The molecule has 0 fully saturated rings. The van der Waals surface area contributed by atoms with Crippen LogP contribution in [0.5, 0.6) is 5.75 Å². The summed E-state index contributed by atoms with van der Waals surface area (Å²) < 4.78 is 5.28. The lowest BCUT2D eigenvalue weighted by Crippen LogP contribution is -2.99. The highest BCUT2D eigenvalue weighted by atomic mass is 35.5. The molecule has 1 heterocycles. The van der Waals surface area contributed by atoms with Gasteiger partial charge in [0.25, 0.3) is 0 Å². The molecule has 2 aromatic rings. The molecule has 0 aliphatic carbocycles. The summed E-state index contributed by atoms with van der Waals surface area (Å²) in [5.41, 5.74) is 1.54. The second-order valence-corrected chi connectivity index (χ2v) is 5.29. The van der Waals surface area contributed by atoms with E-state index >= 15 is 0 Å². The van der Waals surface area contributed by atoms with Crippen molar-refractivity contribution in [2.45, 2.75) is 6.42 Å². The summed E-state index contributed by atoms with van der Waals surface area (Å²) in [6, 6.07) is 4.98. The zero-order valence-corrected chi connectivity index (χ0v) is 14.3. The molecular weight excluding hydrogens is 320 g/mol. The number of fused-ring (bicyclic) bond motifs is 1. The standard InChI is InChI=1S/C15H22N4O3.ClH/c1-18(2)10-4-8-16-11-7-9-17-15-13(22-3)6-5-12(14(11)15)19(20)21;/h5-7,9,19-20H,4,8,10H2,1-3H3,(H,16,17);1H. The molecule has 128 valence electrons. The van der Waals surface area contributed by atoms with E-state index in [0.717, 1.165) is 25.2 Å². The molecule has 0 radical (unpaired) electrons. The van der Waals surface area contributed by atoms with E-state index in [4.69, 9.17) is 4.74 Å². The van der Waals surface area contributed by atoms with Gasteiger partial charge in [0.15, 0.2) is 5.69 Å². The van der Waals surface area contributed by atoms with Crippen molar-refractivity contribution < 1.29 is 15.2 Å². The molecule has 1 aromatic heterocycles. The molecule has 0 saturated carbocycles. The minimum absolute atomic E-state index is 0. The molecule has 0 amide bonds. The zero-order valence-electron chi connectivity index (χ0n) is 13.5. The number of ether oxygens (including phenoxy) is 1. The molecule has 8 heteroatoms. The summed E-state index contributed by atoms with van der Waals surface area (Å²) in [5, 5.41) is 23.8. The number of hydrogen-bond acceptors (Lipinski definition) is 6. The number of hydrogen-bond donors (Lipinski definition) is 3. The molecular formula is C15H23ClN4O3. The van der Waals surface area contributed by atoms with Gasteiger partial charge in [0.1, 0.15) is 11.3 Å². The Morgan fingerprint density at radius 2 is 2.09 bits per heavy atom. The summed E-state index contributed by atoms with van der Waals surface area (Å²) in [4.78, 5) is 6.38. The van der Waals surface area contributed by atoms with Gasteiger partial charge in [0.2, 0.25) is 0 Å². The maximum Gasteiger partial charge on any atom is 0.175 e. The third kappa shape index (κ3) is 4.66. The van der Waals surface area contributed by atoms with Gasteiger partial charge >= 0.3 is 0 Å². The second-order valence-electron chi connectivity index (χ2n) is 5.29. The van der Waals surface area contributed by atoms with E-state index < -0.39 is 5.23 Å². The van der Waals surface area contributed by atoms with E-state index in [0.29, 0.717) is 16.7 Å². The highest BCUT2D eigenvalue weighted by molar-refractivity contribution is 6.01. The number of quaternary nitrogens is 1. The van der Waals surface area contributed by atoms with Crippen LogP contribution in [0.3, 0.4) is 0 Å². The van der Waals surface area contributed by atoms with Crippen LogP contribution in [0, 0.1) is 5.21 Å². The maximum atomic E-state index is 11.5. The number of aromatic nitrogens is 1. The van der Waals surface area contributed by atoms with Crippen LogP contribution in [0.15, 0.2) is 24.4 Å². The van der Waals surface area contributed by atoms with Gasteiger partial charge in [-0.3, -0.25) is 4.98 Å². The summed E-state index contributed by atoms with van der Waals surface area (Å²) in [7, 11) is 5.60. The Labute approximate surface area is 141 Å². The lowest BCUT2D eigenvalue weighted by molar-refractivity contribution is -0.990. The number of nitrogens with one attached hydrogen (secondary N) is 2. The van der Waals surface area contributed by atoms with Crippen molar-refractivity contribution in [3.8, 4) is 5.75 Å². The van der Waals surface area contributed by atoms with Crippen molar-refractivity contribution in [3.05, 3.63) is 29.6 Å². The number of anilines is 1. The first-order valence-electron chi connectivity index (χ1n) is 7.12. The first kappa shape index (κ1) is 19.4. The molecule has 0 saturated heterocycles. The van der Waals surface area contributed by atoms with E-state index in [1.54, 1.807) is 31.5 Å². The molecule has 0 bridgehead atoms. The lowest BCUT2D eigenvalue weighted by Gasteiger charge is -2.18. The van der Waals surface area contributed by atoms with Crippen LogP contribution in [0.1, 0.15) is 6.42 Å². The Morgan fingerprint density at radius 1 is 1.35 bits per heavy atom. The number of benzene rings is 1. The van der Waals surface area contributed by atoms with Crippen molar-refractivity contribution in [3.63, 3.8) is 0 Å². The molecule has 1 aromatic carbocycles. The van der Waals surface area contributed by atoms with Crippen molar-refractivity contribution in [1.29, 1.82) is 0 Å². The highest BCUT2D eigenvalue weighted by Crippen LogP contribution is 2.33. The second kappa shape index (κ2) is 8.85. The van der Waals surface area contributed by atoms with Gasteiger partial charge < -0.3 is 20.2 Å². The first-order chi connectivity index (χ1) is 10.5. The van der Waals surface area contributed by atoms with E-state index in [-0.39, 0.29) is 18.1 Å². The third-order valence-corrected chi connectivity index (χ3v) is 3.40. The zero-order chi connectivity index (χ0) is 16.1. The minimum Gasteiger partial charge on any atom is -0.595 e. The van der Waals surface area contributed by atoms with E-state index in [1.165, 1.54) is 0 Å². The molecule has 1 atom stereocenters. The van der Waals surface area contributed by atoms with Crippen LogP contribution in [0.2, 0.25) is 0 Å². The molecule has 3 N–H and O–H groups in total. The van der Waals surface area contributed by atoms with Crippen LogP contribution in [0.25, 0.3) is 10.9 Å². The smallest absolute Gasteiger partial charge is 0.175 e. The van der Waals surface area contributed by atoms with Gasteiger partial charge in [0, 0.05) is 18.8 Å². The van der Waals surface area contributed by atoms with Crippen LogP contribution in [-0.2, 0) is 0 Å². The van der Waals surface area contributed by atoms with Gasteiger partial charge in [-0.2, -0.15) is 5.23 Å².